The topological polar surface area (TPSA) is 92.7 Å². The second-order valence-corrected chi connectivity index (χ2v) is 8.10. The van der Waals surface area contributed by atoms with Crippen molar-refractivity contribution in [1.29, 1.82) is 0 Å². The second kappa shape index (κ2) is 8.16. The van der Waals surface area contributed by atoms with E-state index in [1.54, 1.807) is 4.68 Å². The number of carbonyl (C=O) groups is 1. The van der Waals surface area contributed by atoms with Crippen molar-refractivity contribution in [3.8, 4) is 5.69 Å². The van der Waals surface area contributed by atoms with Crippen LogP contribution in [0.25, 0.3) is 16.7 Å². The number of hydrogen-bond donors (Lipinski definition) is 2. The predicted octanol–water partition coefficient (Wildman–Crippen LogP) is 3.76. The Kier molecular flexibility index (Phi) is 5.41. The van der Waals surface area contributed by atoms with Gasteiger partial charge in [-0.05, 0) is 61.7 Å². The largest absolute Gasteiger partial charge is 0.325 e. The third-order valence-corrected chi connectivity index (χ3v) is 5.67. The van der Waals surface area contributed by atoms with Crippen LogP contribution < -0.4 is 10.9 Å². The average molecular weight is 420 g/mol. The van der Waals surface area contributed by atoms with Gasteiger partial charge in [-0.2, -0.15) is 5.10 Å². The lowest BCUT2D eigenvalue weighted by atomic mass is 10.1. The Morgan fingerprint density at radius 3 is 2.73 bits per heavy atom. The van der Waals surface area contributed by atoms with Crippen molar-refractivity contribution in [2.24, 2.45) is 0 Å². The maximum atomic E-state index is 12.5. The van der Waals surface area contributed by atoms with E-state index in [1.165, 1.54) is 23.5 Å². The number of hydrogen-bond acceptors (Lipinski definition) is 5. The number of aromatic nitrogens is 4. The Balaban J connectivity index is 1.57. The first-order valence-corrected chi connectivity index (χ1v) is 10.4. The number of nitrogens with one attached hydrogen (secondary N) is 2. The van der Waals surface area contributed by atoms with Gasteiger partial charge < -0.3 is 10.3 Å². The molecule has 0 saturated heterocycles. The molecule has 2 N–H and O–H groups in total. The van der Waals surface area contributed by atoms with Crippen molar-refractivity contribution < 1.29 is 4.79 Å². The first-order valence-electron chi connectivity index (χ1n) is 9.46. The summed E-state index contributed by atoms with van der Waals surface area (Å²) < 4.78 is 1.65. The molecule has 30 heavy (non-hydrogen) atoms. The smallest absolute Gasteiger partial charge is 0.262 e. The maximum Gasteiger partial charge on any atom is 0.262 e. The van der Waals surface area contributed by atoms with Gasteiger partial charge in [-0.15, -0.1) is 0 Å². The highest BCUT2D eigenvalue weighted by molar-refractivity contribution is 7.99. The summed E-state index contributed by atoms with van der Waals surface area (Å²) in [5, 5.41) is 7.97. The molecule has 0 radical (unpaired) electrons. The summed E-state index contributed by atoms with van der Waals surface area (Å²) in [6, 6.07) is 13.6. The standard InChI is InChI=1S/C22H21N5O2S/c1-13-5-4-6-16(9-13)24-19(28)12-30-22-25-20-18(21(29)26-22)11-23-27(20)17-8-7-14(2)15(3)10-17/h4-11H,12H2,1-3H3,(H,24,28)(H,25,26,29). The predicted molar refractivity (Wildman–Crippen MR) is 119 cm³/mol. The molecule has 2 heterocycles. The normalized spacial score (nSPS) is 11.0. The maximum absolute atomic E-state index is 12.5. The zero-order valence-corrected chi connectivity index (χ0v) is 17.7. The van der Waals surface area contributed by atoms with Gasteiger partial charge in [0.25, 0.3) is 5.56 Å². The van der Waals surface area contributed by atoms with E-state index < -0.39 is 0 Å². The fraction of sp³-hybridized carbons (Fsp3) is 0.182. The monoisotopic (exact) mass is 419 g/mol. The van der Waals surface area contributed by atoms with E-state index in [0.717, 1.165) is 22.5 Å². The summed E-state index contributed by atoms with van der Waals surface area (Å²) in [7, 11) is 0. The van der Waals surface area contributed by atoms with E-state index in [-0.39, 0.29) is 17.2 Å². The molecule has 2 aromatic heterocycles. The first kappa shape index (κ1) is 19.9. The van der Waals surface area contributed by atoms with E-state index in [1.807, 2.05) is 63.2 Å². The van der Waals surface area contributed by atoms with Crippen LogP contribution in [0.1, 0.15) is 16.7 Å². The lowest BCUT2D eigenvalue weighted by Gasteiger charge is -2.07. The van der Waals surface area contributed by atoms with Crippen LogP contribution in [0.3, 0.4) is 0 Å². The minimum absolute atomic E-state index is 0.125. The van der Waals surface area contributed by atoms with Gasteiger partial charge in [-0.25, -0.2) is 9.67 Å². The number of H-pyrrole nitrogens is 1. The number of aromatic amines is 1. The summed E-state index contributed by atoms with van der Waals surface area (Å²) in [6.07, 6.45) is 1.51. The van der Waals surface area contributed by atoms with E-state index in [0.29, 0.717) is 16.2 Å². The van der Waals surface area contributed by atoms with E-state index >= 15 is 0 Å². The number of aryl methyl sites for hydroxylation is 3. The average Bonchev–Trinajstić information content (AvgIpc) is 3.13. The first-order chi connectivity index (χ1) is 14.4. The Labute approximate surface area is 177 Å². The van der Waals surface area contributed by atoms with Gasteiger partial charge in [-0.3, -0.25) is 9.59 Å². The number of amides is 1. The second-order valence-electron chi connectivity index (χ2n) is 7.14. The summed E-state index contributed by atoms with van der Waals surface area (Å²) in [6.45, 7) is 6.03. The summed E-state index contributed by atoms with van der Waals surface area (Å²) in [5.74, 6) is -0.0452. The van der Waals surface area contributed by atoms with Gasteiger partial charge in [0.15, 0.2) is 10.8 Å². The molecule has 0 saturated carbocycles. The zero-order chi connectivity index (χ0) is 21.3. The van der Waals surface area contributed by atoms with Crippen molar-refractivity contribution >= 4 is 34.4 Å². The molecule has 0 fully saturated rings. The SMILES string of the molecule is Cc1cccc(NC(=O)CSc2nc3c(cnn3-c3ccc(C)c(C)c3)c(=O)[nH]2)c1. The number of carbonyl (C=O) groups excluding carboxylic acids is 1. The molecule has 152 valence electrons. The zero-order valence-electron chi connectivity index (χ0n) is 16.9. The quantitative estimate of drug-likeness (QED) is 0.379. The highest BCUT2D eigenvalue weighted by Crippen LogP contribution is 2.20. The molecule has 4 aromatic rings. The van der Waals surface area contributed by atoms with Crippen LogP contribution in [0.15, 0.2) is 58.6 Å². The van der Waals surface area contributed by atoms with Crippen LogP contribution in [-0.4, -0.2) is 31.4 Å². The number of anilines is 1. The van der Waals surface area contributed by atoms with Gasteiger partial charge in [0.1, 0.15) is 5.39 Å². The molecule has 1 amide bonds. The molecule has 4 rings (SSSR count). The Hall–Kier alpha value is -3.39. The van der Waals surface area contributed by atoms with Gasteiger partial charge in [-0.1, -0.05) is 30.0 Å². The van der Waals surface area contributed by atoms with Crippen molar-refractivity contribution in [3.63, 3.8) is 0 Å². The van der Waals surface area contributed by atoms with Gasteiger partial charge in [0.2, 0.25) is 5.91 Å². The Morgan fingerprint density at radius 2 is 1.97 bits per heavy atom. The van der Waals surface area contributed by atoms with E-state index in [9.17, 15) is 9.59 Å². The molecule has 2 aromatic carbocycles. The fourth-order valence-electron chi connectivity index (χ4n) is 3.07. The van der Waals surface area contributed by atoms with Gasteiger partial charge >= 0.3 is 0 Å². The third kappa shape index (κ3) is 4.13. The fourth-order valence-corrected chi connectivity index (χ4v) is 3.72. The number of thioether (sulfide) groups is 1. The van der Waals surface area contributed by atoms with E-state index in [2.05, 4.69) is 20.4 Å². The molecule has 0 aliphatic heterocycles. The summed E-state index contributed by atoms with van der Waals surface area (Å²) >= 11 is 1.17. The summed E-state index contributed by atoms with van der Waals surface area (Å²) in [5.41, 5.74) is 5.13. The summed E-state index contributed by atoms with van der Waals surface area (Å²) in [4.78, 5) is 32.0. The highest BCUT2D eigenvalue weighted by atomic mass is 32.2. The molecule has 0 aliphatic carbocycles. The molecular weight excluding hydrogens is 398 g/mol. The molecule has 8 heteroatoms. The molecule has 0 bridgehead atoms. The van der Waals surface area contributed by atoms with Crippen molar-refractivity contribution in [3.05, 3.63) is 75.7 Å². The van der Waals surface area contributed by atoms with Crippen molar-refractivity contribution in [2.75, 3.05) is 11.1 Å². The van der Waals surface area contributed by atoms with Crippen LogP contribution in [0.5, 0.6) is 0 Å². The van der Waals surface area contributed by atoms with Crippen molar-refractivity contribution in [2.45, 2.75) is 25.9 Å². The molecule has 0 unspecified atom stereocenters. The van der Waals surface area contributed by atoms with Crippen LogP contribution in [0, 0.1) is 20.8 Å². The van der Waals surface area contributed by atoms with Crippen LogP contribution >= 0.6 is 11.8 Å². The number of fused-ring (bicyclic) bond motifs is 1. The van der Waals surface area contributed by atoms with Crippen LogP contribution in [0.4, 0.5) is 5.69 Å². The van der Waals surface area contributed by atoms with E-state index in [4.69, 9.17) is 0 Å². The van der Waals surface area contributed by atoms with Crippen LogP contribution in [-0.2, 0) is 4.79 Å². The molecular formula is C22H21N5O2S. The third-order valence-electron chi connectivity index (χ3n) is 4.79. The minimum atomic E-state index is -0.281. The molecule has 0 spiro atoms. The van der Waals surface area contributed by atoms with Crippen LogP contribution in [0.2, 0.25) is 0 Å². The molecule has 0 atom stereocenters. The van der Waals surface area contributed by atoms with Gasteiger partial charge in [0.05, 0.1) is 17.6 Å². The number of nitrogens with zero attached hydrogens (tertiary/aromatic N) is 3. The van der Waals surface area contributed by atoms with Gasteiger partial charge in [0, 0.05) is 5.69 Å². The Morgan fingerprint density at radius 1 is 1.13 bits per heavy atom. The minimum Gasteiger partial charge on any atom is -0.325 e. The number of rotatable bonds is 5. The molecule has 7 nitrogen and oxygen atoms in total. The Bertz CT molecular complexity index is 1310. The number of benzene rings is 2. The lowest BCUT2D eigenvalue weighted by molar-refractivity contribution is -0.113. The highest BCUT2D eigenvalue weighted by Gasteiger charge is 2.13. The molecule has 0 aliphatic rings. The lowest BCUT2D eigenvalue weighted by Crippen LogP contribution is -2.15. The van der Waals surface area contributed by atoms with Crippen molar-refractivity contribution in [1.82, 2.24) is 19.7 Å².